The van der Waals surface area contributed by atoms with Gasteiger partial charge in [-0.1, -0.05) is 18.2 Å². The summed E-state index contributed by atoms with van der Waals surface area (Å²) in [6, 6.07) is 9.80. The summed E-state index contributed by atoms with van der Waals surface area (Å²) >= 11 is 0. The van der Waals surface area contributed by atoms with Crippen LogP contribution in [0.5, 0.6) is 11.5 Å². The number of nitro groups is 1. The molecule has 0 aliphatic rings. The lowest BCUT2D eigenvalue weighted by atomic mass is 10.1. The van der Waals surface area contributed by atoms with Crippen LogP contribution in [0, 0.1) is 17.0 Å². The average molecular weight is 454 g/mol. The Bertz CT molecular complexity index is 1190. The molecule has 0 saturated carbocycles. The van der Waals surface area contributed by atoms with Crippen LogP contribution < -0.4 is 20.5 Å². The number of hydrogen-bond acceptors (Lipinski definition) is 11. The number of esters is 1. The molecule has 0 atom stereocenters. The third-order valence-corrected chi connectivity index (χ3v) is 4.42. The largest absolute Gasteiger partial charge is 0.493 e. The Labute approximate surface area is 188 Å². The topological polar surface area (TPSA) is 165 Å². The zero-order valence-corrected chi connectivity index (χ0v) is 18.2. The Kier molecular flexibility index (Phi) is 7.18. The van der Waals surface area contributed by atoms with E-state index in [2.05, 4.69) is 20.3 Å². The summed E-state index contributed by atoms with van der Waals surface area (Å²) in [4.78, 5) is 35.6. The fraction of sp³-hybridized carbons (Fsp3) is 0.238. The molecule has 3 N–H and O–H groups in total. The van der Waals surface area contributed by atoms with Crippen LogP contribution in [0.3, 0.4) is 0 Å². The van der Waals surface area contributed by atoms with Crippen LogP contribution in [0.25, 0.3) is 0 Å². The quantitative estimate of drug-likeness (QED) is 0.277. The molecule has 33 heavy (non-hydrogen) atoms. The molecule has 0 radical (unpaired) electrons. The van der Waals surface area contributed by atoms with Crippen LogP contribution in [0.2, 0.25) is 0 Å². The number of methoxy groups -OCH3 is 1. The second kappa shape index (κ2) is 10.2. The lowest BCUT2D eigenvalue weighted by molar-refractivity contribution is -0.385. The Hall–Kier alpha value is -4.48. The number of aryl methyl sites for hydroxylation is 1. The number of ether oxygens (including phenoxy) is 3. The Morgan fingerprint density at radius 3 is 2.61 bits per heavy atom. The zero-order valence-electron chi connectivity index (χ0n) is 18.2. The number of aromatic nitrogens is 3. The monoisotopic (exact) mass is 454 g/mol. The van der Waals surface area contributed by atoms with Gasteiger partial charge in [0.25, 0.3) is 5.69 Å². The van der Waals surface area contributed by atoms with E-state index in [0.29, 0.717) is 0 Å². The van der Waals surface area contributed by atoms with Crippen molar-refractivity contribution in [2.75, 3.05) is 24.8 Å². The highest BCUT2D eigenvalue weighted by Crippen LogP contribution is 2.35. The second-order valence-corrected chi connectivity index (χ2v) is 6.66. The minimum atomic E-state index is -0.963. The number of nitrogens with two attached hydrogens (primary N) is 1. The molecule has 172 valence electrons. The van der Waals surface area contributed by atoms with E-state index in [1.165, 1.54) is 13.2 Å². The summed E-state index contributed by atoms with van der Waals surface area (Å²) in [5.74, 6) is -0.524. The molecular weight excluding hydrogens is 432 g/mol. The van der Waals surface area contributed by atoms with Crippen LogP contribution >= 0.6 is 0 Å². The fourth-order valence-electron chi connectivity index (χ4n) is 2.89. The van der Waals surface area contributed by atoms with Crippen LogP contribution in [0.1, 0.15) is 28.7 Å². The number of nitrogen functional groups attached to an aromatic ring is 1. The molecule has 0 aliphatic carbocycles. The number of benzene rings is 2. The van der Waals surface area contributed by atoms with Gasteiger partial charge >= 0.3 is 5.97 Å². The molecule has 0 saturated heterocycles. The van der Waals surface area contributed by atoms with Crippen LogP contribution in [0.15, 0.2) is 36.4 Å². The number of nitrogens with zero attached hydrogens (tertiary/aromatic N) is 4. The van der Waals surface area contributed by atoms with E-state index >= 15 is 0 Å². The molecule has 12 nitrogen and oxygen atoms in total. The number of carbonyl (C=O) groups is 1. The van der Waals surface area contributed by atoms with Gasteiger partial charge < -0.3 is 25.3 Å². The van der Waals surface area contributed by atoms with E-state index in [4.69, 9.17) is 19.9 Å². The first-order valence-electron chi connectivity index (χ1n) is 9.81. The maximum atomic E-state index is 12.6. The molecule has 1 aromatic heterocycles. The lowest BCUT2D eigenvalue weighted by Gasteiger charge is -2.12. The summed E-state index contributed by atoms with van der Waals surface area (Å²) in [5, 5.41) is 14.5. The number of carbonyl (C=O) groups excluding carboxylic acids is 1. The van der Waals surface area contributed by atoms with Gasteiger partial charge in [0.2, 0.25) is 11.9 Å². The highest BCUT2D eigenvalue weighted by atomic mass is 16.6. The smallest absolute Gasteiger partial charge is 0.345 e. The van der Waals surface area contributed by atoms with Crippen molar-refractivity contribution in [3.8, 4) is 11.5 Å². The number of anilines is 3. The third-order valence-electron chi connectivity index (χ3n) is 4.42. The van der Waals surface area contributed by atoms with E-state index in [1.54, 1.807) is 6.92 Å². The van der Waals surface area contributed by atoms with Gasteiger partial charge in [-0.3, -0.25) is 10.1 Å². The molecule has 12 heteroatoms. The molecule has 0 unspecified atom stereocenters. The number of rotatable bonds is 9. The van der Waals surface area contributed by atoms with E-state index in [1.807, 2.05) is 31.2 Å². The summed E-state index contributed by atoms with van der Waals surface area (Å²) in [6.07, 6.45) is 0. The zero-order chi connectivity index (χ0) is 24.0. The van der Waals surface area contributed by atoms with Crippen molar-refractivity contribution in [3.05, 3.63) is 63.5 Å². The van der Waals surface area contributed by atoms with Gasteiger partial charge in [0.1, 0.15) is 5.56 Å². The van der Waals surface area contributed by atoms with Gasteiger partial charge in [0, 0.05) is 11.8 Å². The second-order valence-electron chi connectivity index (χ2n) is 6.66. The summed E-state index contributed by atoms with van der Waals surface area (Å²) in [7, 11) is 1.36. The third kappa shape index (κ3) is 5.61. The molecule has 0 bridgehead atoms. The van der Waals surface area contributed by atoms with Gasteiger partial charge in [-0.25, -0.2) is 4.79 Å². The van der Waals surface area contributed by atoms with Gasteiger partial charge in [-0.15, -0.1) is 0 Å². The van der Waals surface area contributed by atoms with Crippen molar-refractivity contribution in [2.45, 2.75) is 20.5 Å². The van der Waals surface area contributed by atoms with Crippen LogP contribution in [0.4, 0.5) is 23.3 Å². The minimum Gasteiger partial charge on any atom is -0.493 e. The molecule has 0 spiro atoms. The van der Waals surface area contributed by atoms with E-state index in [-0.39, 0.29) is 48.0 Å². The molecule has 3 aromatic rings. The van der Waals surface area contributed by atoms with Crippen LogP contribution in [-0.2, 0) is 11.3 Å². The molecular formula is C21H22N6O6. The first-order chi connectivity index (χ1) is 15.8. The SMILES string of the molecule is CCOc1cc([N+](=O)[O-])c(C(=O)OCc2nc(N)nc(Nc3ccccc3C)n2)cc1OC. The van der Waals surface area contributed by atoms with Crippen molar-refractivity contribution >= 4 is 29.2 Å². The summed E-state index contributed by atoms with van der Waals surface area (Å²) in [5.41, 5.74) is 6.69. The number of nitrogens with one attached hydrogen (secondary N) is 1. The molecule has 0 fully saturated rings. The van der Waals surface area contributed by atoms with E-state index < -0.39 is 16.6 Å². The predicted molar refractivity (Wildman–Crippen MR) is 119 cm³/mol. The normalized spacial score (nSPS) is 10.4. The molecule has 3 rings (SSSR count). The maximum absolute atomic E-state index is 12.6. The van der Waals surface area contributed by atoms with Crippen molar-refractivity contribution in [2.24, 2.45) is 0 Å². The van der Waals surface area contributed by atoms with Crippen molar-refractivity contribution < 1.29 is 23.9 Å². The van der Waals surface area contributed by atoms with E-state index in [0.717, 1.165) is 17.3 Å². The van der Waals surface area contributed by atoms with Gasteiger partial charge in [-0.05, 0) is 25.5 Å². The van der Waals surface area contributed by atoms with Crippen molar-refractivity contribution in [3.63, 3.8) is 0 Å². The standard InChI is InChI=1S/C21H22N6O6/c1-4-32-17-10-15(27(29)30)13(9-16(17)31-3)19(28)33-11-18-24-20(22)26-21(25-18)23-14-8-6-5-7-12(14)2/h5-10H,4,11H2,1-3H3,(H3,22,23,24,25,26). The molecule has 0 aliphatic heterocycles. The Balaban J connectivity index is 1.81. The Morgan fingerprint density at radius 1 is 1.18 bits per heavy atom. The summed E-state index contributed by atoms with van der Waals surface area (Å²) < 4.78 is 15.7. The van der Waals surface area contributed by atoms with Gasteiger partial charge in [0.05, 0.1) is 24.7 Å². The first-order valence-corrected chi connectivity index (χ1v) is 9.81. The Morgan fingerprint density at radius 2 is 1.94 bits per heavy atom. The lowest BCUT2D eigenvalue weighted by Crippen LogP contribution is -2.13. The molecule has 2 aromatic carbocycles. The van der Waals surface area contributed by atoms with Gasteiger partial charge in [-0.2, -0.15) is 15.0 Å². The van der Waals surface area contributed by atoms with E-state index in [9.17, 15) is 14.9 Å². The molecule has 1 heterocycles. The van der Waals surface area contributed by atoms with Crippen molar-refractivity contribution in [1.82, 2.24) is 15.0 Å². The highest BCUT2D eigenvalue weighted by Gasteiger charge is 2.26. The number of para-hydroxylation sites is 1. The minimum absolute atomic E-state index is 0.0625. The number of nitro benzene ring substituents is 1. The average Bonchev–Trinajstić information content (AvgIpc) is 2.78. The molecule has 0 amide bonds. The fourth-order valence-corrected chi connectivity index (χ4v) is 2.89. The van der Waals surface area contributed by atoms with Gasteiger partial charge in [0.15, 0.2) is 23.9 Å². The van der Waals surface area contributed by atoms with Crippen LogP contribution in [-0.4, -0.2) is 39.6 Å². The maximum Gasteiger partial charge on any atom is 0.345 e. The number of hydrogen-bond donors (Lipinski definition) is 2. The first kappa shape index (κ1) is 23.2. The summed E-state index contributed by atoms with van der Waals surface area (Å²) in [6.45, 7) is 3.50. The highest BCUT2D eigenvalue weighted by molar-refractivity contribution is 5.95. The predicted octanol–water partition coefficient (Wildman–Crippen LogP) is 3.18. The van der Waals surface area contributed by atoms with Crippen molar-refractivity contribution in [1.29, 1.82) is 0 Å².